The van der Waals surface area contributed by atoms with Crippen LogP contribution in [-0.2, 0) is 16.6 Å². The predicted molar refractivity (Wildman–Crippen MR) is 79.3 cm³/mol. The van der Waals surface area contributed by atoms with Crippen molar-refractivity contribution in [2.75, 3.05) is 11.8 Å². The zero-order valence-electron chi connectivity index (χ0n) is 10.2. The summed E-state index contributed by atoms with van der Waals surface area (Å²) in [5.41, 5.74) is 0.491. The largest absolute Gasteiger partial charge is 0.315 e. The molecule has 0 amide bonds. The van der Waals surface area contributed by atoms with Gasteiger partial charge in [-0.3, -0.25) is 4.72 Å². The molecule has 0 aliphatic rings. The molecule has 0 bridgehead atoms. The molecule has 0 radical (unpaired) electrons. The van der Waals surface area contributed by atoms with Crippen LogP contribution in [0.1, 0.15) is 4.88 Å². The summed E-state index contributed by atoms with van der Waals surface area (Å²) in [6.45, 7) is 0.654. The second kappa shape index (κ2) is 5.92. The summed E-state index contributed by atoms with van der Waals surface area (Å²) in [5, 5.41) is 5.18. The van der Waals surface area contributed by atoms with Crippen LogP contribution in [0.25, 0.3) is 0 Å². The summed E-state index contributed by atoms with van der Waals surface area (Å²) in [7, 11) is -1.71. The van der Waals surface area contributed by atoms with Gasteiger partial charge < -0.3 is 5.32 Å². The van der Waals surface area contributed by atoms with E-state index in [4.69, 9.17) is 11.6 Å². The van der Waals surface area contributed by atoms with Crippen LogP contribution in [0.4, 0.5) is 5.69 Å². The van der Waals surface area contributed by atoms with E-state index in [1.165, 1.54) is 11.3 Å². The minimum Gasteiger partial charge on any atom is -0.315 e. The fourth-order valence-electron chi connectivity index (χ4n) is 1.50. The molecular weight excluding hydrogens is 304 g/mol. The molecule has 0 saturated heterocycles. The van der Waals surface area contributed by atoms with E-state index >= 15 is 0 Å². The van der Waals surface area contributed by atoms with E-state index in [0.717, 1.165) is 4.88 Å². The monoisotopic (exact) mass is 316 g/mol. The molecular formula is C12H13ClN2O2S2. The third kappa shape index (κ3) is 3.70. The Morgan fingerprint density at radius 3 is 2.58 bits per heavy atom. The van der Waals surface area contributed by atoms with Crippen LogP contribution in [0, 0.1) is 0 Å². The van der Waals surface area contributed by atoms with Gasteiger partial charge in [-0.25, -0.2) is 8.42 Å². The lowest BCUT2D eigenvalue weighted by Gasteiger charge is -2.06. The van der Waals surface area contributed by atoms with Crippen molar-refractivity contribution >= 4 is 38.6 Å². The Morgan fingerprint density at radius 2 is 1.95 bits per heavy atom. The fraction of sp³-hybridized carbons (Fsp3) is 0.167. The molecule has 0 aliphatic heterocycles. The number of benzene rings is 1. The molecule has 2 N–H and O–H groups in total. The van der Waals surface area contributed by atoms with E-state index in [1.54, 1.807) is 35.7 Å². The number of anilines is 1. The van der Waals surface area contributed by atoms with Gasteiger partial charge >= 0.3 is 0 Å². The Kier molecular flexibility index (Phi) is 4.46. The van der Waals surface area contributed by atoms with E-state index < -0.39 is 10.0 Å². The summed E-state index contributed by atoms with van der Waals surface area (Å²) in [5.74, 6) is 0. The summed E-state index contributed by atoms with van der Waals surface area (Å²) in [4.78, 5) is 1.25. The molecule has 102 valence electrons. The molecule has 1 heterocycles. The van der Waals surface area contributed by atoms with Crippen molar-refractivity contribution in [1.82, 2.24) is 5.32 Å². The zero-order chi connectivity index (χ0) is 13.9. The van der Waals surface area contributed by atoms with Gasteiger partial charge in [0.25, 0.3) is 10.0 Å². The van der Waals surface area contributed by atoms with E-state index in [2.05, 4.69) is 10.0 Å². The van der Waals surface area contributed by atoms with E-state index in [1.807, 2.05) is 7.05 Å². The van der Waals surface area contributed by atoms with Gasteiger partial charge in [0.05, 0.1) is 4.90 Å². The van der Waals surface area contributed by atoms with Crippen LogP contribution in [0.5, 0.6) is 0 Å². The molecule has 4 nitrogen and oxygen atoms in total. The number of sulfonamides is 1. The average Bonchev–Trinajstić information content (AvgIpc) is 2.82. The van der Waals surface area contributed by atoms with Crippen LogP contribution in [-0.4, -0.2) is 15.5 Å². The molecule has 0 fully saturated rings. The maximum atomic E-state index is 12.1. The molecule has 2 aromatic rings. The molecule has 0 aliphatic carbocycles. The third-order valence-electron chi connectivity index (χ3n) is 2.39. The number of thiophene rings is 1. The van der Waals surface area contributed by atoms with Gasteiger partial charge in [-0.05, 0) is 37.4 Å². The first-order valence-corrected chi connectivity index (χ1v) is 8.26. The first-order valence-electron chi connectivity index (χ1n) is 5.51. The SMILES string of the molecule is CNCc1cc(S(=O)(=O)Nc2ccc(Cl)cc2)cs1. The number of nitrogens with one attached hydrogen (secondary N) is 2. The Bertz CT molecular complexity index is 651. The van der Waals surface area contributed by atoms with Gasteiger partial charge in [0, 0.05) is 27.5 Å². The van der Waals surface area contributed by atoms with Crippen molar-refractivity contribution in [2.45, 2.75) is 11.4 Å². The summed E-state index contributed by atoms with van der Waals surface area (Å²) < 4.78 is 26.8. The standard InChI is InChI=1S/C12H13ClN2O2S2/c1-14-7-11-6-12(8-18-11)19(16,17)15-10-4-2-9(13)3-5-10/h2-6,8,14-15H,7H2,1H3. The quantitative estimate of drug-likeness (QED) is 0.891. The van der Waals surface area contributed by atoms with Crippen LogP contribution in [0.15, 0.2) is 40.6 Å². The fourth-order valence-corrected chi connectivity index (χ4v) is 3.97. The van der Waals surface area contributed by atoms with Crippen LogP contribution >= 0.6 is 22.9 Å². The summed E-state index contributed by atoms with van der Waals surface area (Å²) in [6.07, 6.45) is 0. The van der Waals surface area contributed by atoms with E-state index in [-0.39, 0.29) is 4.90 Å². The second-order valence-electron chi connectivity index (χ2n) is 3.89. The molecule has 19 heavy (non-hydrogen) atoms. The van der Waals surface area contributed by atoms with Crippen molar-refractivity contribution in [1.29, 1.82) is 0 Å². The number of hydrogen-bond acceptors (Lipinski definition) is 4. The zero-order valence-corrected chi connectivity index (χ0v) is 12.6. The maximum Gasteiger partial charge on any atom is 0.262 e. The Labute approximate surface area is 121 Å². The molecule has 2 rings (SSSR count). The topological polar surface area (TPSA) is 58.2 Å². The highest BCUT2D eigenvalue weighted by atomic mass is 35.5. The minimum atomic E-state index is -3.53. The molecule has 0 spiro atoms. The number of halogens is 1. The normalized spacial score (nSPS) is 11.5. The average molecular weight is 317 g/mol. The van der Waals surface area contributed by atoms with Crippen LogP contribution in [0.2, 0.25) is 5.02 Å². The highest BCUT2D eigenvalue weighted by Gasteiger charge is 2.16. The lowest BCUT2D eigenvalue weighted by molar-refractivity contribution is 0.601. The van der Waals surface area contributed by atoms with Gasteiger partial charge in [0.15, 0.2) is 0 Å². The van der Waals surface area contributed by atoms with Crippen molar-refractivity contribution in [3.05, 3.63) is 45.6 Å². The Morgan fingerprint density at radius 1 is 1.26 bits per heavy atom. The molecule has 0 atom stereocenters. The van der Waals surface area contributed by atoms with E-state index in [0.29, 0.717) is 17.3 Å². The molecule has 0 saturated carbocycles. The van der Waals surface area contributed by atoms with Crippen LogP contribution < -0.4 is 10.0 Å². The second-order valence-corrected chi connectivity index (χ2v) is 7.01. The predicted octanol–water partition coefficient (Wildman–Crippen LogP) is 2.92. The molecule has 7 heteroatoms. The first kappa shape index (κ1) is 14.3. The van der Waals surface area contributed by atoms with E-state index in [9.17, 15) is 8.42 Å². The Balaban J connectivity index is 2.19. The Hall–Kier alpha value is -1.08. The van der Waals surface area contributed by atoms with Gasteiger partial charge in [-0.2, -0.15) is 0 Å². The van der Waals surface area contributed by atoms with Gasteiger partial charge in [0.2, 0.25) is 0 Å². The van der Waals surface area contributed by atoms with Gasteiger partial charge in [0.1, 0.15) is 0 Å². The molecule has 0 unspecified atom stereocenters. The van der Waals surface area contributed by atoms with Gasteiger partial charge in [-0.1, -0.05) is 11.6 Å². The summed E-state index contributed by atoms with van der Waals surface area (Å²) >= 11 is 7.17. The first-order chi connectivity index (χ1) is 9.01. The number of hydrogen-bond donors (Lipinski definition) is 2. The highest BCUT2D eigenvalue weighted by molar-refractivity contribution is 7.92. The van der Waals surface area contributed by atoms with Crippen LogP contribution in [0.3, 0.4) is 0 Å². The third-order valence-corrected chi connectivity index (χ3v) is 5.09. The molecule has 1 aromatic heterocycles. The van der Waals surface area contributed by atoms with Crippen molar-refractivity contribution < 1.29 is 8.42 Å². The van der Waals surface area contributed by atoms with Crippen molar-refractivity contribution in [2.24, 2.45) is 0 Å². The summed E-state index contributed by atoms with van der Waals surface area (Å²) in [6, 6.07) is 8.19. The maximum absolute atomic E-state index is 12.1. The number of rotatable bonds is 5. The lowest BCUT2D eigenvalue weighted by Crippen LogP contribution is -2.12. The minimum absolute atomic E-state index is 0.276. The lowest BCUT2D eigenvalue weighted by atomic mass is 10.3. The molecule has 1 aromatic carbocycles. The smallest absolute Gasteiger partial charge is 0.262 e. The highest BCUT2D eigenvalue weighted by Crippen LogP contribution is 2.22. The van der Waals surface area contributed by atoms with Crippen molar-refractivity contribution in [3.63, 3.8) is 0 Å². The van der Waals surface area contributed by atoms with Crippen molar-refractivity contribution in [3.8, 4) is 0 Å². The van der Waals surface area contributed by atoms with Gasteiger partial charge in [-0.15, -0.1) is 11.3 Å².